The summed E-state index contributed by atoms with van der Waals surface area (Å²) in [6.07, 6.45) is 0. The molecule has 0 saturated heterocycles. The molecule has 30 heavy (non-hydrogen) atoms. The number of anilines is 2. The molecule has 0 spiro atoms. The fourth-order valence-electron chi connectivity index (χ4n) is 3.87. The van der Waals surface area contributed by atoms with Crippen LogP contribution in [0.3, 0.4) is 0 Å². The van der Waals surface area contributed by atoms with Crippen molar-refractivity contribution >= 4 is 28.7 Å². The molecular formula is C24H26ClN3O2. The molecule has 3 aromatic rings. The van der Waals surface area contributed by atoms with E-state index in [1.807, 2.05) is 56.3 Å². The van der Waals surface area contributed by atoms with E-state index in [0.717, 1.165) is 22.4 Å². The molecule has 0 aromatic heterocycles. The van der Waals surface area contributed by atoms with Crippen molar-refractivity contribution in [3.05, 3.63) is 98.1 Å². The Labute approximate surface area is 182 Å². The molecule has 1 atom stereocenters. The zero-order valence-corrected chi connectivity index (χ0v) is 18.6. The molecular weight excluding hydrogens is 398 g/mol. The highest BCUT2D eigenvalue weighted by molar-refractivity contribution is 6.33. The van der Waals surface area contributed by atoms with Gasteiger partial charge in [0, 0.05) is 45.9 Å². The van der Waals surface area contributed by atoms with Crippen molar-refractivity contribution in [1.82, 2.24) is 0 Å². The summed E-state index contributed by atoms with van der Waals surface area (Å²) in [4.78, 5) is 15.3. The second-order valence-electron chi connectivity index (χ2n) is 7.75. The SMILES string of the molecule is Cc1c(Cl)c(C(c2ccccc2)c2ccc(N(C)C)cc2)cc([N+](=O)[O-])c1N(C)C. The van der Waals surface area contributed by atoms with Gasteiger partial charge in [-0.25, -0.2) is 0 Å². The molecule has 0 radical (unpaired) electrons. The van der Waals surface area contributed by atoms with E-state index in [1.165, 1.54) is 0 Å². The van der Waals surface area contributed by atoms with Gasteiger partial charge in [-0.05, 0) is 41.3 Å². The number of nitro groups is 1. The minimum Gasteiger partial charge on any atom is -0.378 e. The number of rotatable bonds is 6. The van der Waals surface area contributed by atoms with Crippen molar-refractivity contribution in [2.75, 3.05) is 38.0 Å². The van der Waals surface area contributed by atoms with Crippen LogP contribution in [0, 0.1) is 17.0 Å². The lowest BCUT2D eigenvalue weighted by atomic mass is 9.83. The molecule has 0 N–H and O–H groups in total. The molecule has 0 fully saturated rings. The largest absolute Gasteiger partial charge is 0.378 e. The van der Waals surface area contributed by atoms with E-state index in [2.05, 4.69) is 24.3 Å². The summed E-state index contributed by atoms with van der Waals surface area (Å²) in [6, 6.07) is 19.8. The van der Waals surface area contributed by atoms with Crippen molar-refractivity contribution in [2.24, 2.45) is 0 Å². The van der Waals surface area contributed by atoms with Gasteiger partial charge in [-0.2, -0.15) is 0 Å². The van der Waals surface area contributed by atoms with Crippen molar-refractivity contribution in [3.8, 4) is 0 Å². The van der Waals surface area contributed by atoms with Gasteiger partial charge in [-0.3, -0.25) is 10.1 Å². The lowest BCUT2D eigenvalue weighted by molar-refractivity contribution is -0.384. The van der Waals surface area contributed by atoms with Gasteiger partial charge < -0.3 is 9.80 Å². The molecule has 5 nitrogen and oxygen atoms in total. The van der Waals surface area contributed by atoms with Gasteiger partial charge in [0.05, 0.1) is 9.95 Å². The van der Waals surface area contributed by atoms with Crippen LogP contribution < -0.4 is 9.80 Å². The standard InChI is InChI=1S/C24H26ClN3O2/c1-16-23(25)20(15-21(28(29)30)24(16)27(4)5)22(17-9-7-6-8-10-17)18-11-13-19(14-12-18)26(2)3/h6-15,22H,1-5H3. The summed E-state index contributed by atoms with van der Waals surface area (Å²) in [5, 5.41) is 12.4. The predicted molar refractivity (Wildman–Crippen MR) is 125 cm³/mol. The molecule has 3 aromatic carbocycles. The molecule has 0 saturated carbocycles. The molecule has 0 bridgehead atoms. The quantitative estimate of drug-likeness (QED) is 0.282. The first-order valence-corrected chi connectivity index (χ1v) is 10.1. The summed E-state index contributed by atoms with van der Waals surface area (Å²) in [5.74, 6) is -0.219. The Hall–Kier alpha value is -3.05. The highest BCUT2D eigenvalue weighted by Crippen LogP contribution is 2.44. The molecule has 1 unspecified atom stereocenters. The normalized spacial score (nSPS) is 11.8. The topological polar surface area (TPSA) is 49.6 Å². The van der Waals surface area contributed by atoms with Gasteiger partial charge in [0.25, 0.3) is 5.69 Å². The third-order valence-electron chi connectivity index (χ3n) is 5.30. The van der Waals surface area contributed by atoms with Crippen molar-refractivity contribution in [1.29, 1.82) is 0 Å². The molecule has 0 aliphatic carbocycles. The first kappa shape index (κ1) is 21.7. The third kappa shape index (κ3) is 4.12. The fourth-order valence-corrected chi connectivity index (χ4v) is 4.12. The van der Waals surface area contributed by atoms with Gasteiger partial charge in [0.1, 0.15) is 5.69 Å². The van der Waals surface area contributed by atoms with Crippen molar-refractivity contribution in [2.45, 2.75) is 12.8 Å². The van der Waals surface area contributed by atoms with Crippen LogP contribution in [0.1, 0.15) is 28.2 Å². The maximum absolute atomic E-state index is 11.9. The van der Waals surface area contributed by atoms with Gasteiger partial charge in [0.2, 0.25) is 0 Å². The van der Waals surface area contributed by atoms with Crippen LogP contribution in [0.5, 0.6) is 0 Å². The van der Waals surface area contributed by atoms with Gasteiger partial charge >= 0.3 is 0 Å². The Morgan fingerprint density at radius 3 is 1.97 bits per heavy atom. The van der Waals surface area contributed by atoms with E-state index in [4.69, 9.17) is 11.6 Å². The lowest BCUT2D eigenvalue weighted by Crippen LogP contribution is -2.15. The summed E-state index contributed by atoms with van der Waals surface area (Å²) < 4.78 is 0. The molecule has 0 aliphatic rings. The van der Waals surface area contributed by atoms with Gasteiger partial charge in [-0.15, -0.1) is 0 Å². The number of nitrogens with zero attached hydrogens (tertiary/aromatic N) is 3. The fraction of sp³-hybridized carbons (Fsp3) is 0.250. The zero-order valence-electron chi connectivity index (χ0n) is 17.9. The average molecular weight is 424 g/mol. The first-order valence-electron chi connectivity index (χ1n) is 9.69. The maximum Gasteiger partial charge on any atom is 0.293 e. The monoisotopic (exact) mass is 423 g/mol. The smallest absolute Gasteiger partial charge is 0.293 e. The van der Waals surface area contributed by atoms with Crippen LogP contribution in [0.2, 0.25) is 5.02 Å². The number of nitro benzene ring substituents is 1. The third-order valence-corrected chi connectivity index (χ3v) is 5.81. The van der Waals surface area contributed by atoms with E-state index in [-0.39, 0.29) is 16.5 Å². The molecule has 3 rings (SSSR count). The minimum absolute atomic E-state index is 0.0581. The van der Waals surface area contributed by atoms with E-state index in [0.29, 0.717) is 16.3 Å². The van der Waals surface area contributed by atoms with Crippen LogP contribution in [0.15, 0.2) is 60.7 Å². The van der Waals surface area contributed by atoms with Crippen LogP contribution in [-0.4, -0.2) is 33.1 Å². The van der Waals surface area contributed by atoms with E-state index >= 15 is 0 Å². The second-order valence-corrected chi connectivity index (χ2v) is 8.13. The Morgan fingerprint density at radius 2 is 1.47 bits per heavy atom. The van der Waals surface area contributed by atoms with Gasteiger partial charge in [-0.1, -0.05) is 54.1 Å². The molecule has 0 amide bonds. The second kappa shape index (κ2) is 8.76. The lowest BCUT2D eigenvalue weighted by Gasteiger charge is -2.24. The van der Waals surface area contributed by atoms with Crippen LogP contribution >= 0.6 is 11.6 Å². The molecule has 0 heterocycles. The number of hydrogen-bond acceptors (Lipinski definition) is 4. The van der Waals surface area contributed by atoms with Crippen molar-refractivity contribution < 1.29 is 4.92 Å². The number of halogens is 1. The number of benzene rings is 3. The summed E-state index contributed by atoms with van der Waals surface area (Å²) in [6.45, 7) is 1.84. The van der Waals surface area contributed by atoms with Crippen LogP contribution in [-0.2, 0) is 0 Å². The molecule has 156 valence electrons. The highest BCUT2D eigenvalue weighted by atomic mass is 35.5. The summed E-state index contributed by atoms with van der Waals surface area (Å²) >= 11 is 6.84. The Balaban J connectivity index is 2.28. The van der Waals surface area contributed by atoms with Gasteiger partial charge in [0.15, 0.2) is 0 Å². The minimum atomic E-state index is -0.334. The first-order chi connectivity index (χ1) is 14.2. The Morgan fingerprint density at radius 1 is 0.900 bits per heavy atom. The summed E-state index contributed by atoms with van der Waals surface area (Å²) in [5.41, 5.74) is 5.17. The zero-order chi connectivity index (χ0) is 22.0. The molecule has 6 heteroatoms. The van der Waals surface area contributed by atoms with E-state index < -0.39 is 0 Å². The predicted octanol–water partition coefficient (Wildman–Crippen LogP) is 5.87. The van der Waals surface area contributed by atoms with Crippen molar-refractivity contribution in [3.63, 3.8) is 0 Å². The van der Waals surface area contributed by atoms with Crippen LogP contribution in [0.4, 0.5) is 17.1 Å². The van der Waals surface area contributed by atoms with E-state index in [1.54, 1.807) is 25.1 Å². The highest BCUT2D eigenvalue weighted by Gasteiger charge is 2.28. The average Bonchev–Trinajstić information content (AvgIpc) is 2.71. The Kier molecular flexibility index (Phi) is 6.32. The summed E-state index contributed by atoms with van der Waals surface area (Å²) in [7, 11) is 7.57. The van der Waals surface area contributed by atoms with E-state index in [9.17, 15) is 10.1 Å². The maximum atomic E-state index is 11.9. The Bertz CT molecular complexity index is 1050. The molecule has 0 aliphatic heterocycles. The number of hydrogen-bond donors (Lipinski definition) is 0. The van der Waals surface area contributed by atoms with Crippen LogP contribution in [0.25, 0.3) is 0 Å².